The molecule has 1 aromatic rings. The van der Waals surface area contributed by atoms with Crippen LogP contribution in [0.4, 0.5) is 0 Å². The number of hydrogen-bond donors (Lipinski definition) is 3. The van der Waals surface area contributed by atoms with Crippen molar-refractivity contribution in [2.75, 3.05) is 18.1 Å². The topological polar surface area (TPSA) is 113 Å². The van der Waals surface area contributed by atoms with Gasteiger partial charge in [-0.3, -0.25) is 9.59 Å². The number of thioether (sulfide) groups is 1. The van der Waals surface area contributed by atoms with Crippen molar-refractivity contribution in [1.29, 1.82) is 0 Å². The van der Waals surface area contributed by atoms with E-state index in [0.717, 1.165) is 25.7 Å². The molecule has 9 heteroatoms. The largest absolute Gasteiger partial charge is 0.481 e. The van der Waals surface area contributed by atoms with Crippen LogP contribution in [-0.4, -0.2) is 49.5 Å². The van der Waals surface area contributed by atoms with E-state index in [1.54, 1.807) is 6.07 Å². The third kappa shape index (κ3) is 6.33. The van der Waals surface area contributed by atoms with E-state index in [0.29, 0.717) is 12.3 Å². The summed E-state index contributed by atoms with van der Waals surface area (Å²) < 4.78 is 27.5. The third-order valence-corrected chi connectivity index (χ3v) is 6.30. The first-order chi connectivity index (χ1) is 11.9. The van der Waals surface area contributed by atoms with Gasteiger partial charge in [-0.1, -0.05) is 18.9 Å². The number of rotatable bonds is 9. The summed E-state index contributed by atoms with van der Waals surface area (Å²) in [4.78, 5) is 22.6. The number of carboxylic acids is 1. The van der Waals surface area contributed by atoms with Gasteiger partial charge in [-0.15, -0.1) is 11.8 Å². The lowest BCUT2D eigenvalue weighted by Gasteiger charge is -2.13. The molecule has 1 aromatic carbocycles. The van der Waals surface area contributed by atoms with E-state index in [1.807, 2.05) is 0 Å². The summed E-state index contributed by atoms with van der Waals surface area (Å²) in [5.41, 5.74) is 0.262. The van der Waals surface area contributed by atoms with E-state index in [9.17, 15) is 18.0 Å². The maximum atomic E-state index is 12.4. The van der Waals surface area contributed by atoms with E-state index in [2.05, 4.69) is 10.0 Å². The van der Waals surface area contributed by atoms with Gasteiger partial charge in [-0.2, -0.15) is 0 Å². The Labute approximate surface area is 151 Å². The SMILES string of the molecule is O=C(O)CSCCNC(=O)c1cccc(S(=O)(=O)NC2CCCC2)c1. The molecule has 0 spiro atoms. The molecule has 138 valence electrons. The van der Waals surface area contributed by atoms with Crippen molar-refractivity contribution in [2.45, 2.75) is 36.6 Å². The molecule has 0 radical (unpaired) electrons. The molecule has 0 atom stereocenters. The minimum Gasteiger partial charge on any atom is -0.481 e. The van der Waals surface area contributed by atoms with Crippen LogP contribution in [0.15, 0.2) is 29.2 Å². The van der Waals surface area contributed by atoms with E-state index < -0.39 is 16.0 Å². The number of benzene rings is 1. The Morgan fingerprint density at radius 3 is 2.64 bits per heavy atom. The fraction of sp³-hybridized carbons (Fsp3) is 0.500. The highest BCUT2D eigenvalue weighted by Gasteiger charge is 2.23. The number of sulfonamides is 1. The number of aliphatic carboxylic acids is 1. The summed E-state index contributed by atoms with van der Waals surface area (Å²) in [5.74, 6) is -0.826. The standard InChI is InChI=1S/C16H22N2O5S2/c19-15(20)11-24-9-8-17-16(21)12-4-3-7-14(10-12)25(22,23)18-13-5-1-2-6-13/h3-4,7,10,13,18H,1-2,5-6,8-9,11H2,(H,17,21)(H,19,20). The molecule has 0 aromatic heterocycles. The second-order valence-electron chi connectivity index (χ2n) is 5.83. The number of amides is 1. The minimum absolute atomic E-state index is 0.0174. The van der Waals surface area contributed by atoms with Crippen molar-refractivity contribution in [3.05, 3.63) is 29.8 Å². The smallest absolute Gasteiger partial charge is 0.313 e. The Morgan fingerprint density at radius 2 is 1.96 bits per heavy atom. The van der Waals surface area contributed by atoms with Crippen LogP contribution < -0.4 is 10.0 Å². The van der Waals surface area contributed by atoms with E-state index in [4.69, 9.17) is 5.11 Å². The first-order valence-corrected chi connectivity index (χ1v) is 10.7. The van der Waals surface area contributed by atoms with E-state index >= 15 is 0 Å². The van der Waals surface area contributed by atoms with Crippen LogP contribution in [-0.2, 0) is 14.8 Å². The second-order valence-corrected chi connectivity index (χ2v) is 8.65. The Balaban J connectivity index is 1.93. The summed E-state index contributed by atoms with van der Waals surface area (Å²) in [7, 11) is -3.64. The maximum Gasteiger partial charge on any atom is 0.313 e. The van der Waals surface area contributed by atoms with Crippen molar-refractivity contribution >= 4 is 33.7 Å². The zero-order chi connectivity index (χ0) is 18.3. The van der Waals surface area contributed by atoms with Gasteiger partial charge in [-0.25, -0.2) is 13.1 Å². The average molecular weight is 386 g/mol. The highest BCUT2D eigenvalue weighted by atomic mass is 32.2. The molecule has 1 aliphatic rings. The van der Waals surface area contributed by atoms with Crippen LogP contribution in [0, 0.1) is 0 Å². The molecule has 1 amide bonds. The van der Waals surface area contributed by atoms with Gasteiger partial charge in [0.15, 0.2) is 0 Å². The third-order valence-electron chi connectivity index (χ3n) is 3.84. The normalized spacial score (nSPS) is 15.2. The molecule has 1 aliphatic carbocycles. The monoisotopic (exact) mass is 386 g/mol. The van der Waals surface area contributed by atoms with Crippen LogP contribution in [0.5, 0.6) is 0 Å². The Hall–Kier alpha value is -1.58. The number of carbonyl (C=O) groups excluding carboxylic acids is 1. The van der Waals surface area contributed by atoms with Gasteiger partial charge in [0.05, 0.1) is 10.6 Å². The summed E-state index contributed by atoms with van der Waals surface area (Å²) in [6.45, 7) is 0.314. The lowest BCUT2D eigenvalue weighted by atomic mass is 10.2. The minimum atomic E-state index is -3.64. The molecule has 2 rings (SSSR count). The molecule has 0 aliphatic heterocycles. The molecule has 1 saturated carbocycles. The molecule has 0 saturated heterocycles. The first-order valence-electron chi connectivity index (χ1n) is 8.08. The van der Waals surface area contributed by atoms with Gasteiger partial charge in [0.2, 0.25) is 10.0 Å². The average Bonchev–Trinajstić information content (AvgIpc) is 3.06. The van der Waals surface area contributed by atoms with Gasteiger partial charge in [0, 0.05) is 23.9 Å². The van der Waals surface area contributed by atoms with E-state index in [1.165, 1.54) is 30.0 Å². The molecule has 0 heterocycles. The number of carboxylic acid groups (broad SMARTS) is 1. The first kappa shape index (κ1) is 19.7. The van der Waals surface area contributed by atoms with Crippen LogP contribution in [0.2, 0.25) is 0 Å². The fourth-order valence-corrected chi connectivity index (χ4v) is 4.55. The van der Waals surface area contributed by atoms with Crippen molar-refractivity contribution in [2.24, 2.45) is 0 Å². The fourth-order valence-electron chi connectivity index (χ4n) is 2.63. The molecule has 3 N–H and O–H groups in total. The Morgan fingerprint density at radius 1 is 1.24 bits per heavy atom. The lowest BCUT2D eigenvalue weighted by molar-refractivity contribution is -0.133. The highest BCUT2D eigenvalue weighted by Crippen LogP contribution is 2.20. The predicted octanol–water partition coefficient (Wildman–Crippen LogP) is 1.46. The molecule has 7 nitrogen and oxygen atoms in total. The summed E-state index contributed by atoms with van der Waals surface area (Å²) in [6, 6.07) is 5.88. The number of carbonyl (C=O) groups is 2. The molecular formula is C16H22N2O5S2. The van der Waals surface area contributed by atoms with Crippen LogP contribution in [0.1, 0.15) is 36.0 Å². The second kappa shape index (κ2) is 9.21. The highest BCUT2D eigenvalue weighted by molar-refractivity contribution is 7.99. The van der Waals surface area contributed by atoms with Gasteiger partial charge in [-0.05, 0) is 31.0 Å². The Bertz CT molecular complexity index is 715. The molecule has 0 unspecified atom stereocenters. The van der Waals surface area contributed by atoms with Gasteiger partial charge in [0.25, 0.3) is 5.91 Å². The van der Waals surface area contributed by atoms with Crippen molar-refractivity contribution < 1.29 is 23.1 Å². The molecule has 1 fully saturated rings. The summed E-state index contributed by atoms with van der Waals surface area (Å²) in [6.07, 6.45) is 3.73. The quantitative estimate of drug-likeness (QED) is 0.554. The maximum absolute atomic E-state index is 12.4. The van der Waals surface area contributed by atoms with Crippen molar-refractivity contribution in [1.82, 2.24) is 10.0 Å². The number of nitrogens with one attached hydrogen (secondary N) is 2. The summed E-state index contributed by atoms with van der Waals surface area (Å²) in [5, 5.41) is 11.2. The van der Waals surface area contributed by atoms with Gasteiger partial charge >= 0.3 is 5.97 Å². The predicted molar refractivity (Wildman–Crippen MR) is 96.3 cm³/mol. The lowest BCUT2D eigenvalue weighted by Crippen LogP contribution is -2.33. The summed E-state index contributed by atoms with van der Waals surface area (Å²) >= 11 is 1.20. The number of hydrogen-bond acceptors (Lipinski definition) is 5. The molecule has 0 bridgehead atoms. The van der Waals surface area contributed by atoms with Crippen LogP contribution >= 0.6 is 11.8 Å². The van der Waals surface area contributed by atoms with Crippen LogP contribution in [0.25, 0.3) is 0 Å². The zero-order valence-corrected chi connectivity index (χ0v) is 15.4. The van der Waals surface area contributed by atoms with Crippen molar-refractivity contribution in [3.8, 4) is 0 Å². The van der Waals surface area contributed by atoms with Crippen molar-refractivity contribution in [3.63, 3.8) is 0 Å². The zero-order valence-electron chi connectivity index (χ0n) is 13.7. The van der Waals surface area contributed by atoms with Crippen LogP contribution in [0.3, 0.4) is 0 Å². The Kier molecular flexibility index (Phi) is 7.27. The van der Waals surface area contributed by atoms with Gasteiger partial charge < -0.3 is 10.4 Å². The van der Waals surface area contributed by atoms with E-state index in [-0.39, 0.29) is 28.2 Å². The van der Waals surface area contributed by atoms with Gasteiger partial charge in [0.1, 0.15) is 0 Å². The molecular weight excluding hydrogens is 364 g/mol. The molecule has 25 heavy (non-hydrogen) atoms.